The fourth-order valence-electron chi connectivity index (χ4n) is 3.03. The minimum Gasteiger partial charge on any atom is -0.462 e. The molecule has 1 spiro atoms. The Balaban J connectivity index is 1.86. The van der Waals surface area contributed by atoms with Crippen molar-refractivity contribution >= 4 is 10.3 Å². The van der Waals surface area contributed by atoms with Gasteiger partial charge in [0.15, 0.2) is 0 Å². The molecule has 1 unspecified atom stereocenters. The number of ether oxygens (including phenoxy) is 2. The molecule has 1 aliphatic heterocycles. The molecule has 1 heterocycles. The van der Waals surface area contributed by atoms with Crippen molar-refractivity contribution in [2.45, 2.75) is 44.0 Å². The highest BCUT2D eigenvalue weighted by Crippen LogP contribution is 2.44. The van der Waals surface area contributed by atoms with Crippen LogP contribution in [0.1, 0.15) is 43.8 Å². The average molecular weight is 313 g/mol. The normalized spacial score (nSPS) is 24.3. The first-order chi connectivity index (χ1) is 9.98. The number of nitrogens with one attached hydrogen (secondary N) is 1. The second-order valence-corrected chi connectivity index (χ2v) is 6.78. The van der Waals surface area contributed by atoms with Gasteiger partial charge in [-0.15, -0.1) is 0 Å². The van der Waals surface area contributed by atoms with Crippen molar-refractivity contribution in [1.82, 2.24) is 4.72 Å². The molecule has 2 aliphatic rings. The summed E-state index contributed by atoms with van der Waals surface area (Å²) in [6.07, 6.45) is 4.34. The lowest BCUT2D eigenvalue weighted by Gasteiger charge is -2.44. The van der Waals surface area contributed by atoms with Crippen LogP contribution in [0.15, 0.2) is 24.3 Å². The molecule has 0 amide bonds. The summed E-state index contributed by atoms with van der Waals surface area (Å²) < 4.78 is 44.9. The van der Waals surface area contributed by atoms with Gasteiger partial charge < -0.3 is 9.47 Å². The predicted octanol–water partition coefficient (Wildman–Crippen LogP) is 2.19. The Labute approximate surface area is 124 Å². The van der Waals surface area contributed by atoms with Gasteiger partial charge in [0.1, 0.15) is 11.9 Å². The summed E-state index contributed by atoms with van der Waals surface area (Å²) in [7, 11) is -4.24. The van der Waals surface area contributed by atoms with Gasteiger partial charge in [0.05, 0.1) is 0 Å². The maximum Gasteiger partial charge on any atom is 0.333 e. The molecule has 7 heteroatoms. The van der Waals surface area contributed by atoms with Crippen LogP contribution in [0, 0.1) is 0 Å². The number of rotatable bonds is 3. The summed E-state index contributed by atoms with van der Waals surface area (Å²) >= 11 is 0. The number of fused-ring (bicyclic) bond motifs is 1. The quantitative estimate of drug-likeness (QED) is 0.836. The largest absolute Gasteiger partial charge is 0.462 e. The molecule has 0 radical (unpaired) electrons. The van der Waals surface area contributed by atoms with Gasteiger partial charge in [-0.25, -0.2) is 0 Å². The predicted molar refractivity (Wildman–Crippen MR) is 76.3 cm³/mol. The van der Waals surface area contributed by atoms with Gasteiger partial charge in [-0.1, -0.05) is 24.6 Å². The maximum atomic E-state index is 10.9. The second kappa shape index (κ2) is 5.57. The topological polar surface area (TPSA) is 84.9 Å². The van der Waals surface area contributed by atoms with Crippen LogP contribution in [-0.2, 0) is 15.0 Å². The van der Waals surface area contributed by atoms with E-state index in [-0.39, 0.29) is 6.54 Å². The van der Waals surface area contributed by atoms with Crippen molar-refractivity contribution in [2.75, 3.05) is 6.54 Å². The van der Waals surface area contributed by atoms with E-state index in [1.807, 2.05) is 24.3 Å². The van der Waals surface area contributed by atoms with Gasteiger partial charge in [0, 0.05) is 24.9 Å². The van der Waals surface area contributed by atoms with Crippen LogP contribution in [0.4, 0.5) is 0 Å². The van der Waals surface area contributed by atoms with E-state index in [1.165, 1.54) is 0 Å². The molecule has 1 atom stereocenters. The third-order valence-electron chi connectivity index (χ3n) is 3.99. The van der Waals surface area contributed by atoms with Crippen LogP contribution in [0.2, 0.25) is 0 Å². The Kier molecular flexibility index (Phi) is 3.92. The highest BCUT2D eigenvalue weighted by atomic mass is 32.2. The van der Waals surface area contributed by atoms with E-state index >= 15 is 0 Å². The summed E-state index contributed by atoms with van der Waals surface area (Å²) in [5, 5.41) is 0. The number of benzene rings is 1. The molecule has 0 bridgehead atoms. The molecule has 1 aromatic carbocycles. The Morgan fingerprint density at radius 1 is 1.24 bits per heavy atom. The molecular formula is C14H19NO5S. The van der Waals surface area contributed by atoms with E-state index in [1.54, 1.807) is 0 Å². The molecule has 0 saturated heterocycles. The van der Waals surface area contributed by atoms with Gasteiger partial charge in [0.2, 0.25) is 5.79 Å². The molecule has 1 saturated carbocycles. The molecular weight excluding hydrogens is 294 g/mol. The van der Waals surface area contributed by atoms with Gasteiger partial charge >= 0.3 is 10.3 Å². The lowest BCUT2D eigenvalue weighted by molar-refractivity contribution is -0.243. The average Bonchev–Trinajstić information content (AvgIpc) is 2.45. The first-order valence-electron chi connectivity index (χ1n) is 7.15. The molecule has 3 rings (SSSR count). The van der Waals surface area contributed by atoms with Crippen molar-refractivity contribution in [3.8, 4) is 5.75 Å². The van der Waals surface area contributed by atoms with Gasteiger partial charge in [-0.2, -0.15) is 13.1 Å². The van der Waals surface area contributed by atoms with E-state index in [0.717, 1.165) is 43.4 Å². The number of hydrogen-bond donors (Lipinski definition) is 2. The molecule has 2 N–H and O–H groups in total. The van der Waals surface area contributed by atoms with Crippen molar-refractivity contribution in [2.24, 2.45) is 0 Å². The maximum absolute atomic E-state index is 10.9. The Bertz CT molecular complexity index is 610. The third-order valence-corrected chi connectivity index (χ3v) is 4.52. The van der Waals surface area contributed by atoms with Gasteiger partial charge in [-0.3, -0.25) is 4.55 Å². The van der Waals surface area contributed by atoms with Crippen LogP contribution in [-0.4, -0.2) is 25.3 Å². The van der Waals surface area contributed by atoms with Gasteiger partial charge in [-0.05, 0) is 18.9 Å². The van der Waals surface area contributed by atoms with Crippen LogP contribution in [0.25, 0.3) is 0 Å². The zero-order valence-electron chi connectivity index (χ0n) is 11.6. The summed E-state index contributed by atoms with van der Waals surface area (Å²) in [6.45, 7) is -0.0129. The van der Waals surface area contributed by atoms with Crippen LogP contribution < -0.4 is 9.46 Å². The van der Waals surface area contributed by atoms with Crippen molar-refractivity contribution in [1.29, 1.82) is 0 Å². The summed E-state index contributed by atoms with van der Waals surface area (Å²) in [4.78, 5) is 0. The molecule has 1 aromatic rings. The van der Waals surface area contributed by atoms with E-state index in [9.17, 15) is 8.42 Å². The standard InChI is InChI=1S/C14H19NO5S/c16-21(17,18)15-10-13-11-6-2-3-7-12(11)19-14(20-13)8-4-1-5-9-14/h2-3,6-7,13,15H,1,4-5,8-10H2,(H,16,17,18). The zero-order valence-corrected chi connectivity index (χ0v) is 12.4. The van der Waals surface area contributed by atoms with Crippen molar-refractivity contribution < 1.29 is 22.4 Å². The van der Waals surface area contributed by atoms with E-state index < -0.39 is 22.2 Å². The second-order valence-electron chi connectivity index (χ2n) is 5.54. The summed E-state index contributed by atoms with van der Waals surface area (Å²) in [5.41, 5.74) is 0.796. The lowest BCUT2D eigenvalue weighted by atomic mass is 9.92. The minimum atomic E-state index is -4.24. The highest BCUT2D eigenvalue weighted by molar-refractivity contribution is 7.83. The SMILES string of the molecule is O=S(=O)(O)NCC1OC2(CCCCC2)Oc2ccccc21. The first kappa shape index (κ1) is 14.8. The Morgan fingerprint density at radius 2 is 1.95 bits per heavy atom. The molecule has 0 aromatic heterocycles. The molecule has 1 fully saturated rings. The smallest absolute Gasteiger partial charge is 0.333 e. The first-order valence-corrected chi connectivity index (χ1v) is 8.59. The fraction of sp³-hybridized carbons (Fsp3) is 0.571. The lowest BCUT2D eigenvalue weighted by Crippen LogP contribution is -2.47. The van der Waals surface area contributed by atoms with Gasteiger partial charge in [0.25, 0.3) is 0 Å². The van der Waals surface area contributed by atoms with Crippen molar-refractivity contribution in [3.05, 3.63) is 29.8 Å². The third kappa shape index (κ3) is 3.37. The summed E-state index contributed by atoms with van der Waals surface area (Å²) in [6, 6.07) is 7.45. The van der Waals surface area contributed by atoms with Crippen LogP contribution >= 0.6 is 0 Å². The van der Waals surface area contributed by atoms with E-state index in [0.29, 0.717) is 0 Å². The molecule has 1 aliphatic carbocycles. The highest BCUT2D eigenvalue weighted by Gasteiger charge is 2.42. The van der Waals surface area contributed by atoms with Crippen molar-refractivity contribution in [3.63, 3.8) is 0 Å². The van der Waals surface area contributed by atoms with Crippen LogP contribution in [0.5, 0.6) is 5.75 Å². The fourth-order valence-corrected chi connectivity index (χ4v) is 3.39. The minimum absolute atomic E-state index is 0.0129. The monoisotopic (exact) mass is 313 g/mol. The summed E-state index contributed by atoms with van der Waals surface area (Å²) in [5.74, 6) is 0.0609. The number of para-hydroxylation sites is 1. The Hall–Kier alpha value is -1.15. The Morgan fingerprint density at radius 3 is 2.67 bits per heavy atom. The zero-order chi connectivity index (χ0) is 14.9. The molecule has 6 nitrogen and oxygen atoms in total. The number of hydrogen-bond acceptors (Lipinski definition) is 4. The molecule has 116 valence electrons. The van der Waals surface area contributed by atoms with E-state index in [4.69, 9.17) is 14.0 Å². The van der Waals surface area contributed by atoms with Crippen LogP contribution in [0.3, 0.4) is 0 Å². The molecule has 21 heavy (non-hydrogen) atoms. The van der Waals surface area contributed by atoms with E-state index in [2.05, 4.69) is 4.72 Å².